The lowest BCUT2D eigenvalue weighted by Gasteiger charge is -2.18. The SMILES string of the molecule is O=C(Cc1ccccc1)N[C@@H](Cc1cccc(C(=O)O)c1)B(O)O. The Labute approximate surface area is 139 Å². The third kappa shape index (κ3) is 5.22. The van der Waals surface area contributed by atoms with Gasteiger partial charge in [0.15, 0.2) is 0 Å². The smallest absolute Gasteiger partial charge is 0.475 e. The standard InChI is InChI=1S/C17H18BNO5/c20-16(11-12-5-2-1-3-6-12)19-15(18(23)24)10-13-7-4-8-14(9-13)17(21)22/h1-9,15,23-24H,10-11H2,(H,19,20)(H,21,22)/t15-/m0/s1. The van der Waals surface area contributed by atoms with Crippen LogP contribution >= 0.6 is 0 Å². The summed E-state index contributed by atoms with van der Waals surface area (Å²) in [7, 11) is -1.75. The van der Waals surface area contributed by atoms with E-state index in [1.807, 2.05) is 18.2 Å². The van der Waals surface area contributed by atoms with Crippen molar-refractivity contribution in [2.45, 2.75) is 18.8 Å². The van der Waals surface area contributed by atoms with E-state index in [1.54, 1.807) is 24.3 Å². The van der Waals surface area contributed by atoms with Crippen molar-refractivity contribution in [3.63, 3.8) is 0 Å². The van der Waals surface area contributed by atoms with Crippen LogP contribution in [0, 0.1) is 0 Å². The van der Waals surface area contributed by atoms with E-state index in [2.05, 4.69) is 5.32 Å². The fourth-order valence-corrected chi connectivity index (χ4v) is 2.36. The van der Waals surface area contributed by atoms with Gasteiger partial charge in [-0.1, -0.05) is 42.5 Å². The molecule has 0 fully saturated rings. The highest BCUT2D eigenvalue weighted by Crippen LogP contribution is 2.09. The van der Waals surface area contributed by atoms with Gasteiger partial charge in [-0.05, 0) is 29.7 Å². The number of hydrogen-bond acceptors (Lipinski definition) is 4. The molecule has 124 valence electrons. The maximum atomic E-state index is 12.1. The van der Waals surface area contributed by atoms with Crippen molar-refractivity contribution in [3.05, 3.63) is 71.3 Å². The van der Waals surface area contributed by atoms with Crippen LogP contribution in [0.15, 0.2) is 54.6 Å². The number of carboxylic acids is 1. The van der Waals surface area contributed by atoms with Gasteiger partial charge in [-0.3, -0.25) is 4.79 Å². The molecule has 2 aromatic rings. The van der Waals surface area contributed by atoms with E-state index in [9.17, 15) is 19.6 Å². The molecule has 0 unspecified atom stereocenters. The number of amides is 1. The molecule has 0 heterocycles. The number of hydrogen-bond donors (Lipinski definition) is 4. The van der Waals surface area contributed by atoms with Crippen molar-refractivity contribution in [1.29, 1.82) is 0 Å². The number of carboxylic acid groups (broad SMARTS) is 1. The summed E-state index contributed by atoms with van der Waals surface area (Å²) in [5.41, 5.74) is 1.51. The van der Waals surface area contributed by atoms with Gasteiger partial charge in [0.05, 0.1) is 17.9 Å². The third-order valence-electron chi connectivity index (χ3n) is 3.54. The molecule has 0 bridgehead atoms. The minimum absolute atomic E-state index is 0.106. The molecule has 1 amide bonds. The van der Waals surface area contributed by atoms with Gasteiger partial charge in [0, 0.05) is 0 Å². The van der Waals surface area contributed by atoms with Gasteiger partial charge in [0.25, 0.3) is 0 Å². The summed E-state index contributed by atoms with van der Waals surface area (Å²) < 4.78 is 0. The molecule has 4 N–H and O–H groups in total. The fraction of sp³-hybridized carbons (Fsp3) is 0.176. The normalized spacial score (nSPS) is 11.6. The average molecular weight is 327 g/mol. The average Bonchev–Trinajstić information content (AvgIpc) is 2.55. The van der Waals surface area contributed by atoms with E-state index < -0.39 is 19.0 Å². The molecular weight excluding hydrogens is 309 g/mol. The summed E-state index contributed by atoms with van der Waals surface area (Å²) in [6.07, 6.45) is 0.235. The van der Waals surface area contributed by atoms with Crippen LogP contribution in [0.2, 0.25) is 0 Å². The Bertz CT molecular complexity index is 705. The van der Waals surface area contributed by atoms with Crippen LogP contribution < -0.4 is 5.32 Å². The van der Waals surface area contributed by atoms with Gasteiger partial charge < -0.3 is 20.5 Å². The van der Waals surface area contributed by atoms with Gasteiger partial charge >= 0.3 is 13.1 Å². The topological polar surface area (TPSA) is 107 Å². The van der Waals surface area contributed by atoms with E-state index in [-0.39, 0.29) is 24.3 Å². The van der Waals surface area contributed by atoms with Crippen molar-refractivity contribution < 1.29 is 24.7 Å². The summed E-state index contributed by atoms with van der Waals surface area (Å²) in [5.74, 6) is -2.33. The van der Waals surface area contributed by atoms with Crippen molar-refractivity contribution >= 4 is 19.0 Å². The Kier molecular flexibility index (Phi) is 6.11. The van der Waals surface area contributed by atoms with Crippen LogP contribution in [0.3, 0.4) is 0 Å². The molecule has 7 heteroatoms. The first-order valence-electron chi connectivity index (χ1n) is 7.47. The Morgan fingerprint density at radius 2 is 1.67 bits per heavy atom. The molecule has 6 nitrogen and oxygen atoms in total. The van der Waals surface area contributed by atoms with Crippen LogP contribution in [-0.2, 0) is 17.6 Å². The lowest BCUT2D eigenvalue weighted by atomic mass is 9.75. The van der Waals surface area contributed by atoms with Gasteiger partial charge in [-0.25, -0.2) is 4.79 Å². The molecule has 0 aliphatic rings. The lowest BCUT2D eigenvalue weighted by Crippen LogP contribution is -2.48. The molecule has 1 atom stereocenters. The van der Waals surface area contributed by atoms with E-state index in [1.165, 1.54) is 12.1 Å². The Balaban J connectivity index is 2.03. The number of benzene rings is 2. The van der Waals surface area contributed by atoms with Crippen LogP contribution in [0.4, 0.5) is 0 Å². The van der Waals surface area contributed by atoms with Gasteiger partial charge in [0.1, 0.15) is 0 Å². The zero-order valence-electron chi connectivity index (χ0n) is 12.9. The monoisotopic (exact) mass is 327 g/mol. The predicted molar refractivity (Wildman–Crippen MR) is 89.4 cm³/mol. The van der Waals surface area contributed by atoms with E-state index in [0.29, 0.717) is 5.56 Å². The Hall–Kier alpha value is -2.64. The third-order valence-corrected chi connectivity index (χ3v) is 3.54. The molecule has 0 saturated heterocycles. The summed E-state index contributed by atoms with van der Waals surface area (Å²) in [6.45, 7) is 0. The molecule has 0 aliphatic carbocycles. The highest BCUT2D eigenvalue weighted by molar-refractivity contribution is 6.43. The van der Waals surface area contributed by atoms with Crippen molar-refractivity contribution in [3.8, 4) is 0 Å². The number of aromatic carboxylic acids is 1. The number of rotatable bonds is 7. The highest BCUT2D eigenvalue weighted by Gasteiger charge is 2.25. The van der Waals surface area contributed by atoms with E-state index in [0.717, 1.165) is 5.56 Å². The van der Waals surface area contributed by atoms with Gasteiger partial charge in [-0.15, -0.1) is 0 Å². The zero-order chi connectivity index (χ0) is 17.5. The molecule has 0 aliphatic heterocycles. The quantitative estimate of drug-likeness (QED) is 0.559. The molecule has 0 radical (unpaired) electrons. The predicted octanol–water partition coefficient (Wildman–Crippen LogP) is 0.667. The molecule has 2 aromatic carbocycles. The van der Waals surface area contributed by atoms with Crippen LogP contribution in [0.25, 0.3) is 0 Å². The Morgan fingerprint density at radius 1 is 1.00 bits per heavy atom. The van der Waals surface area contributed by atoms with Crippen molar-refractivity contribution in [2.75, 3.05) is 0 Å². The Morgan fingerprint density at radius 3 is 2.29 bits per heavy atom. The van der Waals surface area contributed by atoms with Crippen LogP contribution in [-0.4, -0.2) is 40.1 Å². The summed E-state index contributed by atoms with van der Waals surface area (Å²) >= 11 is 0. The second-order valence-electron chi connectivity index (χ2n) is 5.46. The second-order valence-corrected chi connectivity index (χ2v) is 5.46. The molecule has 0 spiro atoms. The molecule has 0 aromatic heterocycles. The second kappa shape index (κ2) is 8.28. The molecular formula is C17H18BNO5. The van der Waals surface area contributed by atoms with Gasteiger partial charge in [0.2, 0.25) is 5.91 Å². The maximum Gasteiger partial charge on any atom is 0.475 e. The number of nitrogens with one attached hydrogen (secondary N) is 1. The summed E-state index contributed by atoms with van der Waals surface area (Å²) in [6, 6.07) is 15.2. The molecule has 0 saturated carbocycles. The first kappa shape index (κ1) is 17.7. The zero-order valence-corrected chi connectivity index (χ0v) is 12.9. The maximum absolute atomic E-state index is 12.1. The van der Waals surface area contributed by atoms with Crippen molar-refractivity contribution in [1.82, 2.24) is 5.32 Å². The minimum atomic E-state index is -1.75. The largest absolute Gasteiger partial charge is 0.478 e. The first-order valence-corrected chi connectivity index (χ1v) is 7.47. The summed E-state index contributed by atoms with van der Waals surface area (Å²) in [5, 5.41) is 30.6. The number of carbonyl (C=O) groups excluding carboxylic acids is 1. The minimum Gasteiger partial charge on any atom is -0.478 e. The number of carbonyl (C=O) groups is 2. The first-order chi connectivity index (χ1) is 11.5. The summed E-state index contributed by atoms with van der Waals surface area (Å²) in [4.78, 5) is 23.1. The van der Waals surface area contributed by atoms with E-state index >= 15 is 0 Å². The van der Waals surface area contributed by atoms with Crippen molar-refractivity contribution in [2.24, 2.45) is 0 Å². The van der Waals surface area contributed by atoms with Gasteiger partial charge in [-0.2, -0.15) is 0 Å². The molecule has 2 rings (SSSR count). The fourth-order valence-electron chi connectivity index (χ4n) is 2.36. The van der Waals surface area contributed by atoms with E-state index in [4.69, 9.17) is 5.11 Å². The van der Waals surface area contributed by atoms with Crippen LogP contribution in [0.5, 0.6) is 0 Å². The highest BCUT2D eigenvalue weighted by atomic mass is 16.4. The molecule has 24 heavy (non-hydrogen) atoms. The lowest BCUT2D eigenvalue weighted by molar-refractivity contribution is -0.120. The van der Waals surface area contributed by atoms with Crippen LogP contribution in [0.1, 0.15) is 21.5 Å².